The van der Waals surface area contributed by atoms with Crippen molar-refractivity contribution in [1.29, 1.82) is 0 Å². The molecular formula is C6H6ClF3N2O2S3. The third-order valence-corrected chi connectivity index (χ3v) is 5.15. The molecule has 0 spiro atoms. The van der Waals surface area contributed by atoms with Gasteiger partial charge >= 0.3 is 5.51 Å². The molecule has 0 fully saturated rings. The summed E-state index contributed by atoms with van der Waals surface area (Å²) >= 11 is 5.89. The van der Waals surface area contributed by atoms with Crippen molar-refractivity contribution in [3.8, 4) is 0 Å². The Labute approximate surface area is 109 Å². The minimum absolute atomic E-state index is 0.0510. The van der Waals surface area contributed by atoms with Crippen LogP contribution in [0, 0.1) is 0 Å². The number of hydrogen-bond donors (Lipinski definition) is 1. The Bertz CT molecular complexity index is 473. The van der Waals surface area contributed by atoms with Crippen molar-refractivity contribution in [2.45, 2.75) is 9.72 Å². The van der Waals surface area contributed by atoms with Crippen molar-refractivity contribution in [2.24, 2.45) is 0 Å². The molecule has 17 heavy (non-hydrogen) atoms. The molecule has 0 atom stereocenters. The second-order valence-electron chi connectivity index (χ2n) is 2.62. The van der Waals surface area contributed by atoms with Crippen LogP contribution in [0.2, 0.25) is 4.47 Å². The molecule has 0 radical (unpaired) electrons. The van der Waals surface area contributed by atoms with Gasteiger partial charge in [0.15, 0.2) is 8.68 Å². The topological polar surface area (TPSA) is 59.1 Å². The summed E-state index contributed by atoms with van der Waals surface area (Å²) in [7, 11) is -3.82. The summed E-state index contributed by atoms with van der Waals surface area (Å²) in [5, 5.41) is 0. The molecule has 98 valence electrons. The molecule has 0 amide bonds. The van der Waals surface area contributed by atoms with E-state index in [1.807, 2.05) is 4.72 Å². The molecule has 0 aliphatic rings. The quantitative estimate of drug-likeness (QED) is 0.844. The van der Waals surface area contributed by atoms with Crippen molar-refractivity contribution in [3.05, 3.63) is 10.7 Å². The molecule has 11 heteroatoms. The zero-order chi connectivity index (χ0) is 13.1. The van der Waals surface area contributed by atoms with Crippen molar-refractivity contribution >= 4 is 44.7 Å². The number of hydrogen-bond acceptors (Lipinski definition) is 5. The average molecular weight is 327 g/mol. The van der Waals surface area contributed by atoms with Crippen molar-refractivity contribution < 1.29 is 21.6 Å². The predicted molar refractivity (Wildman–Crippen MR) is 60.8 cm³/mol. The van der Waals surface area contributed by atoms with E-state index in [0.717, 1.165) is 17.5 Å². The Balaban J connectivity index is 2.46. The fraction of sp³-hybridized carbons (Fsp3) is 0.500. The lowest BCUT2D eigenvalue weighted by Gasteiger charge is -2.06. The van der Waals surface area contributed by atoms with Crippen molar-refractivity contribution in [3.63, 3.8) is 0 Å². The van der Waals surface area contributed by atoms with Crippen LogP contribution < -0.4 is 4.72 Å². The molecule has 0 bridgehead atoms. The highest BCUT2D eigenvalue weighted by atomic mass is 35.5. The number of nitrogens with zero attached hydrogens (tertiary/aromatic N) is 1. The molecular weight excluding hydrogens is 321 g/mol. The van der Waals surface area contributed by atoms with Gasteiger partial charge in [-0.15, -0.1) is 0 Å². The predicted octanol–water partition coefficient (Wildman–Crippen LogP) is 2.33. The summed E-state index contributed by atoms with van der Waals surface area (Å²) in [5.74, 6) is -0.394. The fourth-order valence-corrected chi connectivity index (χ4v) is 3.71. The van der Waals surface area contributed by atoms with Crippen LogP contribution in [-0.4, -0.2) is 31.2 Å². The zero-order valence-corrected chi connectivity index (χ0v) is 11.2. The van der Waals surface area contributed by atoms with Crippen LogP contribution in [0.1, 0.15) is 0 Å². The first kappa shape index (κ1) is 15.0. The third kappa shape index (κ3) is 5.42. The lowest BCUT2D eigenvalue weighted by atomic mass is 10.8. The third-order valence-electron chi connectivity index (χ3n) is 1.38. The maximum absolute atomic E-state index is 11.8. The molecule has 0 aromatic carbocycles. The van der Waals surface area contributed by atoms with E-state index in [2.05, 4.69) is 4.98 Å². The van der Waals surface area contributed by atoms with Gasteiger partial charge in [0.25, 0.3) is 10.0 Å². The first-order valence-corrected chi connectivity index (χ1v) is 7.69. The smallest absolute Gasteiger partial charge is 0.232 e. The van der Waals surface area contributed by atoms with Crippen LogP contribution in [0.4, 0.5) is 13.2 Å². The number of sulfonamides is 1. The van der Waals surface area contributed by atoms with E-state index in [1.54, 1.807) is 0 Å². The van der Waals surface area contributed by atoms with E-state index in [-0.39, 0.29) is 27.0 Å². The number of alkyl halides is 3. The molecule has 0 aliphatic carbocycles. The van der Waals surface area contributed by atoms with Crippen LogP contribution in [0.25, 0.3) is 0 Å². The van der Waals surface area contributed by atoms with Gasteiger partial charge in [0, 0.05) is 12.3 Å². The second kappa shape index (κ2) is 5.74. The van der Waals surface area contributed by atoms with E-state index in [0.29, 0.717) is 0 Å². The summed E-state index contributed by atoms with van der Waals surface area (Å²) in [6, 6.07) is 0. The molecule has 0 saturated heterocycles. The van der Waals surface area contributed by atoms with Gasteiger partial charge in [-0.2, -0.15) is 13.2 Å². The number of thioether (sulfide) groups is 1. The Hall–Kier alpha value is -0.0300. The van der Waals surface area contributed by atoms with Gasteiger partial charge in [0.1, 0.15) is 0 Å². The second-order valence-corrected chi connectivity index (χ2v) is 7.39. The molecule has 4 nitrogen and oxygen atoms in total. The number of thiazole rings is 1. The van der Waals surface area contributed by atoms with Gasteiger partial charge in [-0.05, 0) is 11.8 Å². The lowest BCUT2D eigenvalue weighted by molar-refractivity contribution is -0.0327. The molecule has 1 rings (SSSR count). The Morgan fingerprint density at radius 1 is 1.53 bits per heavy atom. The summed E-state index contributed by atoms with van der Waals surface area (Å²) in [6.45, 7) is -0.317. The van der Waals surface area contributed by atoms with Crippen molar-refractivity contribution in [2.75, 3.05) is 12.3 Å². The molecule has 0 saturated carbocycles. The molecule has 1 aromatic rings. The normalized spacial score (nSPS) is 12.9. The standard InChI is InChI=1S/C6H6ClF3N2O2S3/c7-5-11-3-4(16-5)17(13,14)12-1-2-15-6(8,9)10/h3,12H,1-2H2. The van der Waals surface area contributed by atoms with Crippen LogP contribution in [-0.2, 0) is 10.0 Å². The minimum Gasteiger partial charge on any atom is -0.232 e. The number of nitrogens with one attached hydrogen (secondary N) is 1. The van der Waals surface area contributed by atoms with Gasteiger partial charge in [0.05, 0.1) is 6.20 Å². The van der Waals surface area contributed by atoms with Crippen LogP contribution in [0.15, 0.2) is 10.4 Å². The molecule has 0 unspecified atom stereocenters. The van der Waals surface area contributed by atoms with Gasteiger partial charge < -0.3 is 0 Å². The first-order chi connectivity index (χ1) is 7.71. The van der Waals surface area contributed by atoms with Gasteiger partial charge in [-0.1, -0.05) is 22.9 Å². The number of halogens is 4. The van der Waals surface area contributed by atoms with E-state index < -0.39 is 21.3 Å². The Morgan fingerprint density at radius 3 is 2.65 bits per heavy atom. The first-order valence-electron chi connectivity index (χ1n) is 4.02. The highest BCUT2D eigenvalue weighted by Crippen LogP contribution is 2.29. The molecule has 0 aliphatic heterocycles. The van der Waals surface area contributed by atoms with Gasteiger partial charge in [-0.25, -0.2) is 18.1 Å². The Morgan fingerprint density at radius 2 is 2.18 bits per heavy atom. The van der Waals surface area contributed by atoms with Crippen molar-refractivity contribution in [1.82, 2.24) is 9.71 Å². The van der Waals surface area contributed by atoms with Gasteiger partial charge in [-0.3, -0.25) is 0 Å². The summed E-state index contributed by atoms with van der Waals surface area (Å²) in [5.41, 5.74) is -4.36. The monoisotopic (exact) mass is 326 g/mol. The largest absolute Gasteiger partial charge is 0.441 e. The maximum atomic E-state index is 11.8. The minimum atomic E-state index is -4.36. The number of rotatable bonds is 5. The van der Waals surface area contributed by atoms with Crippen LogP contribution in [0.5, 0.6) is 0 Å². The van der Waals surface area contributed by atoms with E-state index in [4.69, 9.17) is 11.6 Å². The molecule has 1 heterocycles. The Kier molecular flexibility index (Phi) is 5.07. The summed E-state index contributed by atoms with van der Waals surface area (Å²) < 4.78 is 60.2. The summed E-state index contributed by atoms with van der Waals surface area (Å²) in [6.07, 6.45) is 1.05. The SMILES string of the molecule is O=S(=O)(NCCSC(F)(F)F)c1cnc(Cl)s1. The fourth-order valence-electron chi connectivity index (χ4n) is 0.777. The van der Waals surface area contributed by atoms with Gasteiger partial charge in [0.2, 0.25) is 0 Å². The maximum Gasteiger partial charge on any atom is 0.441 e. The molecule has 1 N–H and O–H groups in total. The average Bonchev–Trinajstić information content (AvgIpc) is 2.59. The number of aromatic nitrogens is 1. The van der Waals surface area contributed by atoms with E-state index in [1.165, 1.54) is 0 Å². The summed E-state index contributed by atoms with van der Waals surface area (Å²) in [4.78, 5) is 3.53. The lowest BCUT2D eigenvalue weighted by Crippen LogP contribution is -2.26. The van der Waals surface area contributed by atoms with E-state index >= 15 is 0 Å². The van der Waals surface area contributed by atoms with E-state index in [9.17, 15) is 21.6 Å². The highest BCUT2D eigenvalue weighted by molar-refractivity contribution is 8.00. The zero-order valence-electron chi connectivity index (χ0n) is 7.99. The highest BCUT2D eigenvalue weighted by Gasteiger charge is 2.28. The molecule has 1 aromatic heterocycles. The van der Waals surface area contributed by atoms with Crippen LogP contribution in [0.3, 0.4) is 0 Å². The van der Waals surface area contributed by atoms with Crippen LogP contribution >= 0.6 is 34.7 Å².